The molecule has 1 aromatic rings. The van der Waals surface area contributed by atoms with Gasteiger partial charge >= 0.3 is 0 Å². The highest BCUT2D eigenvalue weighted by molar-refractivity contribution is 7.80. The van der Waals surface area contributed by atoms with E-state index in [1.54, 1.807) is 0 Å². The summed E-state index contributed by atoms with van der Waals surface area (Å²) in [5.74, 6) is 0.869. The third-order valence-corrected chi connectivity index (χ3v) is 2.96. The van der Waals surface area contributed by atoms with Crippen LogP contribution < -0.4 is 15.5 Å². The third-order valence-electron chi connectivity index (χ3n) is 2.72. The molecule has 0 radical (unpaired) electrons. The molecule has 0 spiro atoms. The molecular weight excluding hydrogens is 270 g/mol. The first-order valence-electron chi connectivity index (χ1n) is 6.98. The van der Waals surface area contributed by atoms with Crippen molar-refractivity contribution >= 4 is 23.0 Å². The maximum atomic E-state index is 5.41. The molecular formula is C15H23N3OS. The minimum absolute atomic E-state index is 0.559. The Hall–Kier alpha value is -1.62. The number of nitrogens with one attached hydrogen (secondary N) is 2. The lowest BCUT2D eigenvalue weighted by Crippen LogP contribution is -2.33. The fourth-order valence-corrected chi connectivity index (χ4v) is 1.72. The van der Waals surface area contributed by atoms with Gasteiger partial charge < -0.3 is 10.1 Å². The first-order valence-corrected chi connectivity index (χ1v) is 7.39. The van der Waals surface area contributed by atoms with Crippen molar-refractivity contribution in [1.29, 1.82) is 0 Å². The molecule has 5 heteroatoms. The molecule has 1 aromatic carbocycles. The van der Waals surface area contributed by atoms with Crippen LogP contribution in [-0.2, 0) is 0 Å². The lowest BCUT2D eigenvalue weighted by molar-refractivity contribution is 0.340. The van der Waals surface area contributed by atoms with E-state index in [1.807, 2.05) is 38.1 Å². The Bertz CT molecular complexity index is 443. The van der Waals surface area contributed by atoms with Crippen molar-refractivity contribution in [3.63, 3.8) is 0 Å². The number of ether oxygens (including phenoxy) is 1. The molecule has 0 aliphatic rings. The number of rotatable bonds is 7. The topological polar surface area (TPSA) is 45.7 Å². The monoisotopic (exact) mass is 293 g/mol. The Balaban J connectivity index is 2.49. The summed E-state index contributed by atoms with van der Waals surface area (Å²) in [6, 6.07) is 7.85. The molecule has 1 rings (SSSR count). The van der Waals surface area contributed by atoms with E-state index in [2.05, 4.69) is 22.8 Å². The maximum absolute atomic E-state index is 5.41. The highest BCUT2D eigenvalue weighted by Crippen LogP contribution is 2.12. The van der Waals surface area contributed by atoms with E-state index >= 15 is 0 Å². The van der Waals surface area contributed by atoms with Gasteiger partial charge in [0.05, 0.1) is 12.3 Å². The Morgan fingerprint density at radius 3 is 2.55 bits per heavy atom. The van der Waals surface area contributed by atoms with Gasteiger partial charge in [-0.1, -0.05) is 13.3 Å². The minimum Gasteiger partial charge on any atom is -0.494 e. The number of nitrogens with zero attached hydrogens (tertiary/aromatic N) is 1. The standard InChI is InChI=1S/C15H23N3OS/c1-4-6-11-16-15(20)18-17-12(3)13-7-9-14(10-8-13)19-5-2/h7-10H,4-6,11H2,1-3H3,(H2,16,18,20)/b17-12-. The van der Waals surface area contributed by atoms with Crippen LogP contribution in [0.15, 0.2) is 29.4 Å². The second-order valence-corrected chi connectivity index (χ2v) is 4.78. The van der Waals surface area contributed by atoms with Gasteiger partial charge in [-0.25, -0.2) is 0 Å². The molecule has 110 valence electrons. The average Bonchev–Trinajstić information content (AvgIpc) is 2.46. The molecule has 0 heterocycles. The molecule has 0 aliphatic carbocycles. The predicted octanol–water partition coefficient (Wildman–Crippen LogP) is 3.07. The summed E-state index contributed by atoms with van der Waals surface area (Å²) in [4.78, 5) is 0. The van der Waals surface area contributed by atoms with E-state index in [-0.39, 0.29) is 0 Å². The molecule has 0 saturated carbocycles. The van der Waals surface area contributed by atoms with E-state index in [4.69, 9.17) is 17.0 Å². The normalized spacial score (nSPS) is 11.1. The van der Waals surface area contributed by atoms with Crippen molar-refractivity contribution in [2.24, 2.45) is 5.10 Å². The largest absolute Gasteiger partial charge is 0.494 e. The van der Waals surface area contributed by atoms with Gasteiger partial charge in [0, 0.05) is 6.54 Å². The van der Waals surface area contributed by atoms with E-state index in [0.717, 1.165) is 36.4 Å². The molecule has 4 nitrogen and oxygen atoms in total. The molecule has 2 N–H and O–H groups in total. The lowest BCUT2D eigenvalue weighted by atomic mass is 10.1. The van der Waals surface area contributed by atoms with Gasteiger partial charge in [0.15, 0.2) is 5.11 Å². The summed E-state index contributed by atoms with van der Waals surface area (Å²) in [6.45, 7) is 7.60. The van der Waals surface area contributed by atoms with Crippen LogP contribution in [0.2, 0.25) is 0 Å². The molecule has 0 aliphatic heterocycles. The number of thiocarbonyl (C=S) groups is 1. The van der Waals surface area contributed by atoms with Gasteiger partial charge in [-0.15, -0.1) is 0 Å². The van der Waals surface area contributed by atoms with Crippen LogP contribution in [0.5, 0.6) is 5.75 Å². The summed E-state index contributed by atoms with van der Waals surface area (Å²) < 4.78 is 5.41. The molecule has 0 bridgehead atoms. The summed E-state index contributed by atoms with van der Waals surface area (Å²) >= 11 is 5.14. The highest BCUT2D eigenvalue weighted by Gasteiger charge is 1.99. The average molecular weight is 293 g/mol. The minimum atomic E-state index is 0.559. The molecule has 0 atom stereocenters. The molecule has 0 fully saturated rings. The van der Waals surface area contributed by atoms with E-state index in [1.165, 1.54) is 0 Å². The van der Waals surface area contributed by atoms with E-state index < -0.39 is 0 Å². The molecule has 0 aromatic heterocycles. The third kappa shape index (κ3) is 6.02. The summed E-state index contributed by atoms with van der Waals surface area (Å²) in [6.07, 6.45) is 2.24. The first kappa shape index (κ1) is 16.4. The van der Waals surface area contributed by atoms with Crippen LogP contribution in [0.1, 0.15) is 39.2 Å². The zero-order chi connectivity index (χ0) is 14.8. The van der Waals surface area contributed by atoms with E-state index in [0.29, 0.717) is 11.7 Å². The number of unbranched alkanes of at least 4 members (excludes halogenated alkanes) is 1. The van der Waals surface area contributed by atoms with Crippen LogP contribution in [0.25, 0.3) is 0 Å². The predicted molar refractivity (Wildman–Crippen MR) is 88.5 cm³/mol. The van der Waals surface area contributed by atoms with Crippen molar-refractivity contribution < 1.29 is 4.74 Å². The number of hydrogen-bond donors (Lipinski definition) is 2. The van der Waals surface area contributed by atoms with Gasteiger partial charge in [-0.2, -0.15) is 5.10 Å². The second kappa shape index (κ2) is 9.31. The van der Waals surface area contributed by atoms with Crippen molar-refractivity contribution in [3.8, 4) is 5.75 Å². The molecule has 0 unspecified atom stereocenters. The smallest absolute Gasteiger partial charge is 0.186 e. The molecule has 20 heavy (non-hydrogen) atoms. The first-order chi connectivity index (χ1) is 9.67. The summed E-state index contributed by atoms with van der Waals surface area (Å²) in [7, 11) is 0. The van der Waals surface area contributed by atoms with Gasteiger partial charge in [0.1, 0.15) is 5.75 Å². The maximum Gasteiger partial charge on any atom is 0.186 e. The molecule has 0 saturated heterocycles. The van der Waals surface area contributed by atoms with E-state index in [9.17, 15) is 0 Å². The van der Waals surface area contributed by atoms with Gasteiger partial charge in [0.25, 0.3) is 0 Å². The number of benzene rings is 1. The van der Waals surface area contributed by atoms with Crippen LogP contribution in [0.3, 0.4) is 0 Å². The molecule has 0 amide bonds. The fourth-order valence-electron chi connectivity index (χ4n) is 1.58. The quantitative estimate of drug-likeness (QED) is 0.351. The van der Waals surface area contributed by atoms with Crippen molar-refractivity contribution in [3.05, 3.63) is 29.8 Å². The lowest BCUT2D eigenvalue weighted by Gasteiger charge is -2.08. The zero-order valence-electron chi connectivity index (χ0n) is 12.4. The second-order valence-electron chi connectivity index (χ2n) is 4.38. The zero-order valence-corrected chi connectivity index (χ0v) is 13.2. The fraction of sp³-hybridized carbons (Fsp3) is 0.467. The van der Waals surface area contributed by atoms with Crippen molar-refractivity contribution in [1.82, 2.24) is 10.7 Å². The van der Waals surface area contributed by atoms with Crippen LogP contribution in [0.4, 0.5) is 0 Å². The van der Waals surface area contributed by atoms with Crippen LogP contribution in [-0.4, -0.2) is 24.0 Å². The van der Waals surface area contributed by atoms with Gasteiger partial charge in [-0.05, 0) is 62.3 Å². The number of hydrazone groups is 1. The Kier molecular flexibility index (Phi) is 7.65. The van der Waals surface area contributed by atoms with Crippen molar-refractivity contribution in [2.75, 3.05) is 13.2 Å². The SMILES string of the molecule is CCCCNC(=S)N/N=C(/C)c1ccc(OCC)cc1. The Labute approximate surface area is 126 Å². The number of hydrogen-bond acceptors (Lipinski definition) is 3. The van der Waals surface area contributed by atoms with Crippen LogP contribution >= 0.6 is 12.2 Å². The Morgan fingerprint density at radius 2 is 1.95 bits per heavy atom. The van der Waals surface area contributed by atoms with Crippen LogP contribution in [0, 0.1) is 0 Å². The summed E-state index contributed by atoms with van der Waals surface area (Å²) in [5, 5.41) is 7.94. The highest BCUT2D eigenvalue weighted by atomic mass is 32.1. The van der Waals surface area contributed by atoms with Gasteiger partial charge in [-0.3, -0.25) is 5.43 Å². The van der Waals surface area contributed by atoms with Crippen molar-refractivity contribution in [2.45, 2.75) is 33.6 Å². The van der Waals surface area contributed by atoms with Gasteiger partial charge in [0.2, 0.25) is 0 Å². The Morgan fingerprint density at radius 1 is 1.25 bits per heavy atom. The summed E-state index contributed by atoms with van der Waals surface area (Å²) in [5.41, 5.74) is 4.78.